The van der Waals surface area contributed by atoms with Crippen LogP contribution in [0.25, 0.3) is 0 Å². The molecular formula is C25H26FN5O7. The highest BCUT2D eigenvalue weighted by molar-refractivity contribution is 5.97. The van der Waals surface area contributed by atoms with Crippen molar-refractivity contribution in [2.75, 3.05) is 13.1 Å². The van der Waals surface area contributed by atoms with Gasteiger partial charge in [-0.3, -0.25) is 25.0 Å². The molecule has 0 saturated heterocycles. The Morgan fingerprint density at radius 3 is 1.63 bits per heavy atom. The van der Waals surface area contributed by atoms with E-state index < -0.39 is 40.8 Å². The Morgan fingerprint density at radius 2 is 1.21 bits per heavy atom. The minimum Gasteiger partial charge on any atom is -0.345 e. The van der Waals surface area contributed by atoms with E-state index in [9.17, 15) is 39.2 Å². The van der Waals surface area contributed by atoms with Crippen LogP contribution in [0.4, 0.5) is 4.39 Å². The van der Waals surface area contributed by atoms with Crippen molar-refractivity contribution in [3.05, 3.63) is 94.8 Å². The number of nitrogens with one attached hydrogen (secondary N) is 2. The van der Waals surface area contributed by atoms with E-state index in [4.69, 9.17) is 0 Å². The molecule has 1 aromatic heterocycles. The standard InChI is InChI=1S/C25H26FN5O7/c1-3-31(4-2)23(34)15-5-7-16(8-6-15)24(35,36)29-21(32)19-13-20(28-14-27-19)22(33)30-25(37,38)17-9-11-18(26)12-10-17/h5-14,35-38H,3-4H2,1-2H3,(H,29,32)(H,30,33). The Labute approximate surface area is 216 Å². The largest absolute Gasteiger partial charge is 0.345 e. The van der Waals surface area contributed by atoms with Crippen molar-refractivity contribution >= 4 is 17.7 Å². The zero-order valence-electron chi connectivity index (χ0n) is 20.4. The summed E-state index contributed by atoms with van der Waals surface area (Å²) in [6, 6.07) is 10.2. The fourth-order valence-corrected chi connectivity index (χ4v) is 3.42. The van der Waals surface area contributed by atoms with Gasteiger partial charge in [0.25, 0.3) is 29.5 Å². The smallest absolute Gasteiger partial charge is 0.275 e. The number of amides is 3. The molecular weight excluding hydrogens is 501 g/mol. The van der Waals surface area contributed by atoms with Gasteiger partial charge >= 0.3 is 0 Å². The number of nitrogens with zero attached hydrogens (tertiary/aromatic N) is 3. The molecule has 0 fully saturated rings. The zero-order valence-corrected chi connectivity index (χ0v) is 20.4. The summed E-state index contributed by atoms with van der Waals surface area (Å²) < 4.78 is 13.1. The van der Waals surface area contributed by atoms with E-state index in [1.165, 1.54) is 24.3 Å². The SMILES string of the molecule is CCN(CC)C(=O)c1ccc(C(O)(O)NC(=O)c2cc(C(=O)NC(O)(O)c3ccc(F)cc3)ncn2)cc1. The second kappa shape index (κ2) is 11.4. The van der Waals surface area contributed by atoms with Gasteiger partial charge in [-0.15, -0.1) is 0 Å². The van der Waals surface area contributed by atoms with Crippen LogP contribution in [0, 0.1) is 5.82 Å². The van der Waals surface area contributed by atoms with Crippen LogP contribution in [0.3, 0.4) is 0 Å². The molecule has 200 valence electrons. The van der Waals surface area contributed by atoms with Gasteiger partial charge < -0.3 is 25.3 Å². The number of aromatic nitrogens is 2. The van der Waals surface area contributed by atoms with Crippen molar-refractivity contribution in [1.82, 2.24) is 25.5 Å². The molecule has 1 heterocycles. The Morgan fingerprint density at radius 1 is 0.789 bits per heavy atom. The topological polar surface area (TPSA) is 185 Å². The molecule has 0 bridgehead atoms. The summed E-state index contributed by atoms with van der Waals surface area (Å²) in [5.74, 6) is -8.85. The van der Waals surface area contributed by atoms with Crippen molar-refractivity contribution in [3.63, 3.8) is 0 Å². The van der Waals surface area contributed by atoms with Gasteiger partial charge in [-0.2, -0.15) is 0 Å². The summed E-state index contributed by atoms with van der Waals surface area (Å²) in [6.07, 6.45) is 0.836. The number of benzene rings is 2. The highest BCUT2D eigenvalue weighted by Crippen LogP contribution is 2.19. The molecule has 3 rings (SSSR count). The lowest BCUT2D eigenvalue weighted by Crippen LogP contribution is -2.47. The molecule has 0 atom stereocenters. The van der Waals surface area contributed by atoms with E-state index in [0.29, 0.717) is 18.7 Å². The molecule has 2 aromatic carbocycles. The normalized spacial score (nSPS) is 11.6. The lowest BCUT2D eigenvalue weighted by atomic mass is 10.1. The molecule has 12 nitrogen and oxygen atoms in total. The number of aliphatic hydroxyl groups is 4. The van der Waals surface area contributed by atoms with Crippen molar-refractivity contribution in [2.24, 2.45) is 0 Å². The molecule has 0 aliphatic carbocycles. The molecule has 3 aromatic rings. The van der Waals surface area contributed by atoms with E-state index >= 15 is 0 Å². The molecule has 13 heteroatoms. The second-order valence-electron chi connectivity index (χ2n) is 8.10. The van der Waals surface area contributed by atoms with E-state index in [-0.39, 0.29) is 17.0 Å². The Balaban J connectivity index is 1.72. The number of rotatable bonds is 9. The Hall–Kier alpha value is -4.30. The van der Waals surface area contributed by atoms with Gasteiger partial charge in [-0.1, -0.05) is 12.1 Å². The van der Waals surface area contributed by atoms with Crippen LogP contribution in [0.2, 0.25) is 0 Å². The number of halogens is 1. The van der Waals surface area contributed by atoms with E-state index in [2.05, 4.69) is 9.97 Å². The highest BCUT2D eigenvalue weighted by Gasteiger charge is 2.32. The maximum absolute atomic E-state index is 13.1. The molecule has 0 aliphatic rings. The third-order valence-electron chi connectivity index (χ3n) is 5.54. The molecule has 0 radical (unpaired) electrons. The van der Waals surface area contributed by atoms with Crippen molar-refractivity contribution < 1.29 is 39.2 Å². The third kappa shape index (κ3) is 6.52. The maximum atomic E-state index is 13.1. The van der Waals surface area contributed by atoms with Gasteiger partial charge in [-0.25, -0.2) is 14.4 Å². The molecule has 3 amide bonds. The van der Waals surface area contributed by atoms with Gasteiger partial charge in [0, 0.05) is 35.8 Å². The average Bonchev–Trinajstić information content (AvgIpc) is 2.89. The van der Waals surface area contributed by atoms with E-state index in [1.54, 1.807) is 4.90 Å². The predicted molar refractivity (Wildman–Crippen MR) is 129 cm³/mol. The molecule has 38 heavy (non-hydrogen) atoms. The Bertz CT molecular complexity index is 1310. The first-order valence-electron chi connectivity index (χ1n) is 11.4. The summed E-state index contributed by atoms with van der Waals surface area (Å²) >= 11 is 0. The van der Waals surface area contributed by atoms with Crippen molar-refractivity contribution in [3.8, 4) is 0 Å². The van der Waals surface area contributed by atoms with Crippen LogP contribution in [-0.4, -0.2) is 66.1 Å². The van der Waals surface area contributed by atoms with Crippen LogP contribution >= 0.6 is 0 Å². The number of hydrogen-bond donors (Lipinski definition) is 6. The van der Waals surface area contributed by atoms with Crippen LogP contribution < -0.4 is 10.6 Å². The minimum atomic E-state index is -2.89. The van der Waals surface area contributed by atoms with Crippen LogP contribution in [0.15, 0.2) is 60.9 Å². The number of hydrogen-bond acceptors (Lipinski definition) is 9. The molecule has 6 N–H and O–H groups in total. The fourth-order valence-electron chi connectivity index (χ4n) is 3.42. The zero-order chi connectivity index (χ0) is 28.1. The first-order chi connectivity index (χ1) is 17.9. The van der Waals surface area contributed by atoms with Gasteiger partial charge in [0.05, 0.1) is 0 Å². The second-order valence-corrected chi connectivity index (χ2v) is 8.10. The van der Waals surface area contributed by atoms with Gasteiger partial charge in [-0.05, 0) is 50.2 Å². The van der Waals surface area contributed by atoms with Crippen LogP contribution in [0.1, 0.15) is 56.3 Å². The molecule has 0 aliphatic heterocycles. The van der Waals surface area contributed by atoms with Crippen LogP contribution in [-0.2, 0) is 11.8 Å². The summed E-state index contributed by atoms with van der Waals surface area (Å²) in [6.45, 7) is 4.66. The van der Waals surface area contributed by atoms with E-state index in [1.807, 2.05) is 24.5 Å². The minimum absolute atomic E-state index is 0.154. The van der Waals surface area contributed by atoms with Crippen LogP contribution in [0.5, 0.6) is 0 Å². The highest BCUT2D eigenvalue weighted by atomic mass is 19.1. The van der Waals surface area contributed by atoms with Gasteiger partial charge in [0.15, 0.2) is 0 Å². The lowest BCUT2D eigenvalue weighted by molar-refractivity contribution is -0.186. The first kappa shape index (κ1) is 28.3. The Kier molecular flexibility index (Phi) is 8.48. The monoisotopic (exact) mass is 527 g/mol. The summed E-state index contributed by atoms with van der Waals surface area (Å²) in [5.41, 5.74) is -0.988. The third-order valence-corrected chi connectivity index (χ3v) is 5.54. The molecule has 0 saturated carbocycles. The molecule has 0 spiro atoms. The van der Waals surface area contributed by atoms with E-state index in [0.717, 1.165) is 36.7 Å². The summed E-state index contributed by atoms with van der Waals surface area (Å²) in [7, 11) is 0. The quantitative estimate of drug-likeness (QED) is 0.211. The first-order valence-corrected chi connectivity index (χ1v) is 11.4. The summed E-state index contributed by atoms with van der Waals surface area (Å²) in [5, 5.41) is 45.0. The fraction of sp³-hybridized carbons (Fsp3) is 0.240. The lowest BCUT2D eigenvalue weighted by Gasteiger charge is -2.24. The van der Waals surface area contributed by atoms with Crippen molar-refractivity contribution in [1.29, 1.82) is 0 Å². The predicted octanol–water partition coefficient (Wildman–Crippen LogP) is 0.148. The van der Waals surface area contributed by atoms with Crippen molar-refractivity contribution in [2.45, 2.75) is 25.7 Å². The van der Waals surface area contributed by atoms with Gasteiger partial charge in [0.1, 0.15) is 23.5 Å². The number of carbonyl (C=O) groups is 3. The maximum Gasteiger partial charge on any atom is 0.275 e. The number of carbonyl (C=O) groups excluding carboxylic acids is 3. The summed E-state index contributed by atoms with van der Waals surface area (Å²) in [4.78, 5) is 46.5. The van der Waals surface area contributed by atoms with Gasteiger partial charge in [0.2, 0.25) is 0 Å². The molecule has 0 unspecified atom stereocenters. The average molecular weight is 528 g/mol.